The molecule has 0 fully saturated rings. The molecule has 92 valence electrons. The van der Waals surface area contributed by atoms with E-state index in [1.165, 1.54) is 11.8 Å². The molecule has 3 nitrogen and oxygen atoms in total. The van der Waals surface area contributed by atoms with Crippen molar-refractivity contribution in [1.82, 2.24) is 9.78 Å². The van der Waals surface area contributed by atoms with Crippen molar-refractivity contribution in [2.45, 2.75) is 19.4 Å². The van der Waals surface area contributed by atoms with Gasteiger partial charge in [-0.05, 0) is 28.1 Å². The second kappa shape index (κ2) is 4.25. The number of ether oxygens (including phenoxy) is 1. The van der Waals surface area contributed by atoms with Crippen LogP contribution in [0.3, 0.4) is 0 Å². The number of rotatable bonds is 3. The van der Waals surface area contributed by atoms with Crippen molar-refractivity contribution in [2.24, 2.45) is 0 Å². The lowest BCUT2D eigenvalue weighted by Crippen LogP contribution is -2.20. The molecule has 1 aromatic carbocycles. The van der Waals surface area contributed by atoms with Crippen LogP contribution in [0.5, 0.6) is 5.75 Å². The molecule has 2 aromatic rings. The van der Waals surface area contributed by atoms with Crippen LogP contribution < -0.4 is 4.74 Å². The highest BCUT2D eigenvalue weighted by molar-refractivity contribution is 9.10. The largest absolute Gasteiger partial charge is 0.493 e. The van der Waals surface area contributed by atoms with Crippen molar-refractivity contribution in [1.29, 1.82) is 0 Å². The normalized spacial score (nSPS) is 12.1. The predicted octanol–water partition coefficient (Wildman–Crippen LogP) is 3.46. The maximum atomic E-state index is 13.0. The molecular weight excluding hydrogens is 294 g/mol. The highest BCUT2D eigenvalue weighted by Crippen LogP contribution is 2.34. The molecule has 17 heavy (non-hydrogen) atoms. The summed E-state index contributed by atoms with van der Waals surface area (Å²) in [5.41, 5.74) is 0.573. The van der Waals surface area contributed by atoms with Crippen LogP contribution in [-0.4, -0.2) is 22.8 Å². The average Bonchev–Trinajstić information content (AvgIpc) is 2.59. The van der Waals surface area contributed by atoms with E-state index in [-0.39, 0.29) is 0 Å². The fraction of sp³-hybridized carbons (Fsp3) is 0.364. The number of halogens is 3. The number of hydrogen-bond donors (Lipinski definition) is 0. The van der Waals surface area contributed by atoms with Gasteiger partial charge in [-0.1, -0.05) is 0 Å². The molecule has 0 amide bonds. The number of benzene rings is 1. The van der Waals surface area contributed by atoms with Crippen LogP contribution in [0.4, 0.5) is 8.78 Å². The van der Waals surface area contributed by atoms with Crippen LogP contribution in [0.25, 0.3) is 10.9 Å². The van der Waals surface area contributed by atoms with Crippen molar-refractivity contribution in [3.8, 4) is 5.75 Å². The number of methoxy groups -OCH3 is 1. The first kappa shape index (κ1) is 12.3. The highest BCUT2D eigenvalue weighted by Gasteiger charge is 2.24. The van der Waals surface area contributed by atoms with E-state index in [9.17, 15) is 8.78 Å². The Morgan fingerprint density at radius 3 is 2.76 bits per heavy atom. The molecule has 0 radical (unpaired) electrons. The van der Waals surface area contributed by atoms with Crippen LogP contribution in [0.1, 0.15) is 6.92 Å². The average molecular weight is 305 g/mol. The van der Waals surface area contributed by atoms with Gasteiger partial charge < -0.3 is 4.74 Å². The molecule has 0 aliphatic carbocycles. The van der Waals surface area contributed by atoms with Crippen molar-refractivity contribution in [2.75, 3.05) is 7.11 Å². The summed E-state index contributed by atoms with van der Waals surface area (Å²) in [6.45, 7) is 0.397. The zero-order valence-electron chi connectivity index (χ0n) is 9.38. The van der Waals surface area contributed by atoms with E-state index in [0.29, 0.717) is 15.7 Å². The topological polar surface area (TPSA) is 27.1 Å². The molecule has 0 aliphatic rings. The van der Waals surface area contributed by atoms with Gasteiger partial charge in [0, 0.05) is 12.3 Å². The van der Waals surface area contributed by atoms with Gasteiger partial charge in [-0.3, -0.25) is 4.68 Å². The summed E-state index contributed by atoms with van der Waals surface area (Å²) in [5.74, 6) is -2.30. The maximum absolute atomic E-state index is 13.0. The lowest BCUT2D eigenvalue weighted by molar-refractivity contribution is 0.00175. The highest BCUT2D eigenvalue weighted by atomic mass is 79.9. The maximum Gasteiger partial charge on any atom is 0.264 e. The molecule has 0 bridgehead atoms. The molecule has 0 atom stereocenters. The third kappa shape index (κ3) is 2.41. The molecule has 1 aromatic heterocycles. The van der Waals surface area contributed by atoms with Gasteiger partial charge in [0.1, 0.15) is 12.1 Å². The molecule has 0 saturated carbocycles. The third-order valence-corrected chi connectivity index (χ3v) is 2.96. The Balaban J connectivity index is 2.61. The zero-order chi connectivity index (χ0) is 12.6. The smallest absolute Gasteiger partial charge is 0.264 e. The summed E-state index contributed by atoms with van der Waals surface area (Å²) in [4.78, 5) is 0. The third-order valence-electron chi connectivity index (χ3n) is 2.34. The summed E-state index contributed by atoms with van der Waals surface area (Å²) >= 11 is 3.32. The van der Waals surface area contributed by atoms with Gasteiger partial charge in [-0.25, -0.2) is 8.78 Å². The van der Waals surface area contributed by atoms with Crippen LogP contribution in [0.2, 0.25) is 0 Å². The first-order valence-corrected chi connectivity index (χ1v) is 5.77. The quantitative estimate of drug-likeness (QED) is 0.868. The minimum Gasteiger partial charge on any atom is -0.493 e. The molecule has 0 unspecified atom stereocenters. The summed E-state index contributed by atoms with van der Waals surface area (Å²) < 4.78 is 33.3. The Bertz CT molecular complexity index is 548. The number of alkyl halides is 2. The summed E-state index contributed by atoms with van der Waals surface area (Å²) in [6.07, 6.45) is 1.55. The molecule has 0 N–H and O–H groups in total. The minimum atomic E-state index is -2.81. The number of nitrogens with zero attached hydrogens (tertiary/aromatic N) is 2. The molecule has 0 aliphatic heterocycles. The standard InChI is InChI=1S/C11H11BrF2N2O/c1-11(13,14)6-16-9-7(5-15-16)3-4-8(12)10(9)17-2/h3-5H,6H2,1-2H3. The molecule has 2 rings (SSSR count). The van der Waals surface area contributed by atoms with E-state index < -0.39 is 12.5 Å². The van der Waals surface area contributed by atoms with E-state index in [1.807, 2.05) is 0 Å². The van der Waals surface area contributed by atoms with Crippen molar-refractivity contribution >= 4 is 26.8 Å². The van der Waals surface area contributed by atoms with Gasteiger partial charge in [0.25, 0.3) is 5.92 Å². The van der Waals surface area contributed by atoms with Gasteiger partial charge in [-0.2, -0.15) is 5.10 Å². The van der Waals surface area contributed by atoms with E-state index in [4.69, 9.17) is 4.74 Å². The summed E-state index contributed by atoms with van der Waals surface area (Å²) in [5, 5.41) is 4.74. The van der Waals surface area contributed by atoms with Crippen LogP contribution in [0.15, 0.2) is 22.8 Å². The van der Waals surface area contributed by atoms with Crippen molar-refractivity contribution < 1.29 is 13.5 Å². The second-order valence-corrected chi connectivity index (χ2v) is 4.75. The second-order valence-electron chi connectivity index (χ2n) is 3.89. The SMILES string of the molecule is COc1c(Br)ccc2cnn(CC(C)(F)F)c12. The number of fused-ring (bicyclic) bond motifs is 1. The van der Waals surface area contributed by atoms with Gasteiger partial charge in [0.05, 0.1) is 17.8 Å². The van der Waals surface area contributed by atoms with E-state index >= 15 is 0 Å². The van der Waals surface area contributed by atoms with E-state index in [0.717, 1.165) is 12.3 Å². The van der Waals surface area contributed by atoms with Crippen LogP contribution in [-0.2, 0) is 6.54 Å². The molecule has 6 heteroatoms. The van der Waals surface area contributed by atoms with E-state index in [1.54, 1.807) is 18.3 Å². The lowest BCUT2D eigenvalue weighted by atomic mass is 10.2. The molecule has 0 spiro atoms. The molecular formula is C11H11BrF2N2O. The Kier molecular flexibility index (Phi) is 3.07. The van der Waals surface area contributed by atoms with Gasteiger partial charge in [0.2, 0.25) is 0 Å². The monoisotopic (exact) mass is 304 g/mol. The predicted molar refractivity (Wildman–Crippen MR) is 64.6 cm³/mol. The molecule has 0 saturated heterocycles. The number of aromatic nitrogens is 2. The lowest BCUT2D eigenvalue weighted by Gasteiger charge is -2.13. The Morgan fingerprint density at radius 1 is 1.47 bits per heavy atom. The Labute approximate surface area is 105 Å². The van der Waals surface area contributed by atoms with Gasteiger partial charge >= 0.3 is 0 Å². The van der Waals surface area contributed by atoms with Gasteiger partial charge in [0.15, 0.2) is 5.75 Å². The molecule has 1 heterocycles. The zero-order valence-corrected chi connectivity index (χ0v) is 11.0. The summed E-state index contributed by atoms with van der Waals surface area (Å²) in [6, 6.07) is 3.61. The Hall–Kier alpha value is -1.17. The first-order chi connectivity index (χ1) is 7.92. The van der Waals surface area contributed by atoms with Crippen LogP contribution >= 0.6 is 15.9 Å². The van der Waals surface area contributed by atoms with E-state index in [2.05, 4.69) is 21.0 Å². The van der Waals surface area contributed by atoms with Crippen molar-refractivity contribution in [3.05, 3.63) is 22.8 Å². The fourth-order valence-electron chi connectivity index (χ4n) is 1.70. The van der Waals surface area contributed by atoms with Gasteiger partial charge in [-0.15, -0.1) is 0 Å². The summed E-state index contributed by atoms with van der Waals surface area (Å²) in [7, 11) is 1.50. The first-order valence-electron chi connectivity index (χ1n) is 4.98. The van der Waals surface area contributed by atoms with Crippen LogP contribution in [0, 0.1) is 0 Å². The van der Waals surface area contributed by atoms with Crippen molar-refractivity contribution in [3.63, 3.8) is 0 Å². The number of hydrogen-bond acceptors (Lipinski definition) is 2. The Morgan fingerprint density at radius 2 is 2.18 bits per heavy atom. The minimum absolute atomic E-state index is 0.469. The fourth-order valence-corrected chi connectivity index (χ4v) is 2.18.